The standard InChI is InChI=1S/C14H14N2OS/c1-9(15-16-10(2)18)12-8-7-11-5-3-4-6-13(11)14(12)17/h3-8,17H,1-2H3,(H,16,18)/b15-9+. The van der Waals surface area contributed by atoms with Gasteiger partial charge in [0.1, 0.15) is 5.75 Å². The zero-order valence-electron chi connectivity index (χ0n) is 10.3. The summed E-state index contributed by atoms with van der Waals surface area (Å²) in [7, 11) is 0. The number of aromatic hydroxyl groups is 1. The van der Waals surface area contributed by atoms with E-state index in [9.17, 15) is 5.11 Å². The van der Waals surface area contributed by atoms with E-state index in [0.29, 0.717) is 16.3 Å². The average Bonchev–Trinajstić information content (AvgIpc) is 2.37. The van der Waals surface area contributed by atoms with Crippen molar-refractivity contribution in [3.05, 3.63) is 42.0 Å². The van der Waals surface area contributed by atoms with Gasteiger partial charge in [0, 0.05) is 10.9 Å². The van der Waals surface area contributed by atoms with Gasteiger partial charge in [-0.3, -0.25) is 5.43 Å². The van der Waals surface area contributed by atoms with E-state index >= 15 is 0 Å². The summed E-state index contributed by atoms with van der Waals surface area (Å²) in [5.74, 6) is 0.248. The summed E-state index contributed by atoms with van der Waals surface area (Å²) in [6, 6.07) is 11.5. The zero-order chi connectivity index (χ0) is 13.1. The molecule has 2 aromatic rings. The Bertz CT molecular complexity index is 635. The second-order valence-electron chi connectivity index (χ2n) is 4.05. The van der Waals surface area contributed by atoms with E-state index in [2.05, 4.69) is 10.5 Å². The van der Waals surface area contributed by atoms with E-state index in [1.54, 1.807) is 6.92 Å². The highest BCUT2D eigenvalue weighted by molar-refractivity contribution is 7.80. The minimum Gasteiger partial charge on any atom is -0.507 e. The first-order valence-electron chi connectivity index (χ1n) is 5.61. The third-order valence-corrected chi connectivity index (χ3v) is 2.76. The first-order chi connectivity index (χ1) is 8.59. The van der Waals surface area contributed by atoms with Gasteiger partial charge in [-0.15, -0.1) is 0 Å². The molecule has 0 atom stereocenters. The normalized spacial score (nSPS) is 11.6. The van der Waals surface area contributed by atoms with Crippen LogP contribution in [0.2, 0.25) is 0 Å². The highest BCUT2D eigenvalue weighted by Gasteiger charge is 2.08. The van der Waals surface area contributed by atoms with Crippen molar-refractivity contribution in [2.75, 3.05) is 0 Å². The van der Waals surface area contributed by atoms with Crippen LogP contribution < -0.4 is 5.43 Å². The molecule has 0 spiro atoms. The largest absolute Gasteiger partial charge is 0.507 e. The Hall–Kier alpha value is -1.94. The van der Waals surface area contributed by atoms with E-state index in [-0.39, 0.29) is 5.75 Å². The van der Waals surface area contributed by atoms with Gasteiger partial charge < -0.3 is 5.11 Å². The van der Waals surface area contributed by atoms with Gasteiger partial charge in [0.2, 0.25) is 0 Å². The summed E-state index contributed by atoms with van der Waals surface area (Å²) in [5.41, 5.74) is 4.13. The first kappa shape index (κ1) is 12.5. The Labute approximate surface area is 111 Å². The molecule has 3 nitrogen and oxygen atoms in total. The molecule has 0 fully saturated rings. The number of hydrogen-bond donors (Lipinski definition) is 2. The zero-order valence-corrected chi connectivity index (χ0v) is 11.1. The third kappa shape index (κ3) is 2.49. The molecular weight excluding hydrogens is 244 g/mol. The Morgan fingerprint density at radius 3 is 2.61 bits per heavy atom. The summed E-state index contributed by atoms with van der Waals surface area (Å²) in [6.07, 6.45) is 0. The second kappa shape index (κ2) is 5.14. The first-order valence-corrected chi connectivity index (χ1v) is 6.02. The monoisotopic (exact) mass is 258 g/mol. The van der Waals surface area contributed by atoms with E-state index in [1.807, 2.05) is 43.3 Å². The van der Waals surface area contributed by atoms with Crippen molar-refractivity contribution in [1.29, 1.82) is 0 Å². The van der Waals surface area contributed by atoms with Gasteiger partial charge in [-0.05, 0) is 25.3 Å². The van der Waals surface area contributed by atoms with Gasteiger partial charge >= 0.3 is 0 Å². The van der Waals surface area contributed by atoms with Gasteiger partial charge in [-0.1, -0.05) is 42.5 Å². The highest BCUT2D eigenvalue weighted by Crippen LogP contribution is 2.28. The fraction of sp³-hybridized carbons (Fsp3) is 0.143. The molecule has 0 aromatic heterocycles. The molecule has 4 heteroatoms. The van der Waals surface area contributed by atoms with Gasteiger partial charge in [0.25, 0.3) is 0 Å². The molecule has 0 aliphatic rings. The molecule has 0 bridgehead atoms. The van der Waals surface area contributed by atoms with Crippen molar-refractivity contribution in [1.82, 2.24) is 5.43 Å². The van der Waals surface area contributed by atoms with E-state index in [1.165, 1.54) is 0 Å². The highest BCUT2D eigenvalue weighted by atomic mass is 32.1. The molecule has 0 aliphatic carbocycles. The Morgan fingerprint density at radius 2 is 1.89 bits per heavy atom. The van der Waals surface area contributed by atoms with Gasteiger partial charge in [0.15, 0.2) is 0 Å². The second-order valence-corrected chi connectivity index (χ2v) is 4.66. The van der Waals surface area contributed by atoms with Crippen LogP contribution in [0.5, 0.6) is 5.75 Å². The number of nitrogens with zero attached hydrogens (tertiary/aromatic N) is 1. The summed E-state index contributed by atoms with van der Waals surface area (Å²) in [4.78, 5) is 0.592. The maximum absolute atomic E-state index is 10.2. The molecule has 0 unspecified atom stereocenters. The molecule has 2 rings (SSSR count). The van der Waals surface area contributed by atoms with Crippen LogP contribution in [0.25, 0.3) is 10.8 Å². The molecule has 0 aliphatic heterocycles. The third-order valence-electron chi connectivity index (χ3n) is 2.67. The Morgan fingerprint density at radius 1 is 1.17 bits per heavy atom. The molecule has 0 amide bonds. The number of phenols is 1. The molecular formula is C14H14N2OS. The van der Waals surface area contributed by atoms with Crippen molar-refractivity contribution in [2.45, 2.75) is 13.8 Å². The quantitative estimate of drug-likeness (QED) is 0.494. The fourth-order valence-corrected chi connectivity index (χ4v) is 1.82. The minimum absolute atomic E-state index is 0.248. The summed E-state index contributed by atoms with van der Waals surface area (Å²) >= 11 is 4.89. The Balaban J connectivity index is 2.49. The predicted molar refractivity (Wildman–Crippen MR) is 79.2 cm³/mol. The lowest BCUT2D eigenvalue weighted by Crippen LogP contribution is -2.13. The summed E-state index contributed by atoms with van der Waals surface area (Å²) < 4.78 is 0. The van der Waals surface area contributed by atoms with E-state index in [4.69, 9.17) is 12.2 Å². The maximum Gasteiger partial charge on any atom is 0.132 e. The number of benzene rings is 2. The summed E-state index contributed by atoms with van der Waals surface area (Å²) in [6.45, 7) is 3.58. The van der Waals surface area contributed by atoms with Crippen LogP contribution in [0.4, 0.5) is 0 Å². The molecule has 0 heterocycles. The number of phenolic OH excluding ortho intramolecular Hbond substituents is 1. The number of hydrogen-bond acceptors (Lipinski definition) is 3. The lowest BCUT2D eigenvalue weighted by Gasteiger charge is -2.08. The average molecular weight is 258 g/mol. The lowest BCUT2D eigenvalue weighted by molar-refractivity contribution is 0.480. The Kier molecular flexibility index (Phi) is 3.58. The van der Waals surface area contributed by atoms with Crippen LogP contribution in [-0.2, 0) is 0 Å². The molecule has 2 aromatic carbocycles. The van der Waals surface area contributed by atoms with Gasteiger partial charge in [0.05, 0.1) is 10.7 Å². The van der Waals surface area contributed by atoms with E-state index < -0.39 is 0 Å². The van der Waals surface area contributed by atoms with Gasteiger partial charge in [-0.25, -0.2) is 0 Å². The van der Waals surface area contributed by atoms with Crippen LogP contribution in [-0.4, -0.2) is 15.8 Å². The number of hydrazone groups is 1. The molecule has 0 radical (unpaired) electrons. The molecule has 0 saturated carbocycles. The van der Waals surface area contributed by atoms with Crippen molar-refractivity contribution < 1.29 is 5.11 Å². The van der Waals surface area contributed by atoms with Gasteiger partial charge in [-0.2, -0.15) is 5.10 Å². The summed E-state index contributed by atoms with van der Waals surface area (Å²) in [5, 5.41) is 16.2. The van der Waals surface area contributed by atoms with Crippen molar-refractivity contribution in [2.24, 2.45) is 5.10 Å². The van der Waals surface area contributed by atoms with Crippen LogP contribution in [0.1, 0.15) is 19.4 Å². The van der Waals surface area contributed by atoms with Crippen molar-refractivity contribution in [3.63, 3.8) is 0 Å². The molecule has 18 heavy (non-hydrogen) atoms. The number of fused-ring (bicyclic) bond motifs is 1. The number of thiocarbonyl (C=S) groups is 1. The molecule has 2 N–H and O–H groups in total. The van der Waals surface area contributed by atoms with Crippen LogP contribution in [0, 0.1) is 0 Å². The SMILES string of the molecule is CC(=S)N/N=C(\C)c1ccc2ccccc2c1O. The topological polar surface area (TPSA) is 44.6 Å². The lowest BCUT2D eigenvalue weighted by atomic mass is 10.0. The van der Waals surface area contributed by atoms with Crippen LogP contribution in [0.3, 0.4) is 0 Å². The van der Waals surface area contributed by atoms with E-state index in [0.717, 1.165) is 10.8 Å². The molecule has 0 saturated heterocycles. The van der Waals surface area contributed by atoms with Crippen LogP contribution >= 0.6 is 12.2 Å². The maximum atomic E-state index is 10.2. The van der Waals surface area contributed by atoms with Crippen molar-refractivity contribution in [3.8, 4) is 5.75 Å². The predicted octanol–water partition coefficient (Wildman–Crippen LogP) is 3.21. The number of nitrogens with one attached hydrogen (secondary N) is 1. The molecule has 92 valence electrons. The number of rotatable bonds is 2. The fourth-order valence-electron chi connectivity index (χ4n) is 1.77. The minimum atomic E-state index is 0.248. The van der Waals surface area contributed by atoms with Crippen molar-refractivity contribution >= 4 is 33.7 Å². The smallest absolute Gasteiger partial charge is 0.132 e. The van der Waals surface area contributed by atoms with Crippen LogP contribution in [0.15, 0.2) is 41.5 Å².